The van der Waals surface area contributed by atoms with Crippen molar-refractivity contribution >= 4 is 0 Å². The second-order valence-electron chi connectivity index (χ2n) is 4.96. The first-order chi connectivity index (χ1) is 11.4. The third kappa shape index (κ3) is 2.86. The molecular weight excluding hydrogens is 322 g/mol. The predicted octanol–water partition coefficient (Wildman–Crippen LogP) is 4.57. The smallest absolute Gasteiger partial charge is 0.299 e. The number of alkyl halides is 3. The lowest BCUT2D eigenvalue weighted by atomic mass is 10.2. The first kappa shape index (κ1) is 15.7. The Morgan fingerprint density at radius 2 is 1.75 bits per heavy atom. The Bertz CT molecular complexity index is 921. The molecule has 0 bridgehead atoms. The van der Waals surface area contributed by atoms with Gasteiger partial charge in [0.2, 0.25) is 0 Å². The molecule has 0 aliphatic heterocycles. The number of aromatic nitrogens is 2. The molecule has 0 N–H and O–H groups in total. The summed E-state index contributed by atoms with van der Waals surface area (Å²) < 4.78 is 54.0. The highest BCUT2D eigenvalue weighted by atomic mass is 19.4. The third-order valence-corrected chi connectivity index (χ3v) is 3.38. The highest BCUT2D eigenvalue weighted by molar-refractivity contribution is 5.59. The van der Waals surface area contributed by atoms with Gasteiger partial charge in [-0.05, 0) is 18.2 Å². The number of benzene rings is 2. The zero-order chi connectivity index (χ0) is 17.3. The molecular formula is C17H9F4N3. The summed E-state index contributed by atoms with van der Waals surface area (Å²) in [7, 11) is 0. The largest absolute Gasteiger partial charge is 0.434 e. The molecule has 0 amide bonds. The fourth-order valence-electron chi connectivity index (χ4n) is 2.25. The molecule has 0 atom stereocenters. The number of nitrogens with zero attached hydrogens (tertiary/aromatic N) is 3. The maximum Gasteiger partial charge on any atom is 0.434 e. The van der Waals surface area contributed by atoms with Crippen molar-refractivity contribution < 1.29 is 17.6 Å². The van der Waals surface area contributed by atoms with Crippen molar-refractivity contribution in [3.8, 4) is 23.1 Å². The molecule has 0 radical (unpaired) electrons. The molecule has 120 valence electrons. The molecule has 0 unspecified atom stereocenters. The average molecular weight is 331 g/mol. The van der Waals surface area contributed by atoms with Gasteiger partial charge in [-0.1, -0.05) is 30.3 Å². The Kier molecular flexibility index (Phi) is 3.81. The van der Waals surface area contributed by atoms with E-state index in [0.717, 1.165) is 16.8 Å². The van der Waals surface area contributed by atoms with Gasteiger partial charge in [-0.2, -0.15) is 18.4 Å². The zero-order valence-corrected chi connectivity index (χ0v) is 12.0. The summed E-state index contributed by atoms with van der Waals surface area (Å²) in [5.74, 6) is -0.775. The fourth-order valence-corrected chi connectivity index (χ4v) is 2.25. The van der Waals surface area contributed by atoms with Gasteiger partial charge in [0.15, 0.2) is 5.69 Å². The molecule has 0 aliphatic carbocycles. The molecule has 1 heterocycles. The van der Waals surface area contributed by atoms with Crippen LogP contribution in [0.2, 0.25) is 0 Å². The highest BCUT2D eigenvalue weighted by Gasteiger charge is 2.35. The van der Waals surface area contributed by atoms with Gasteiger partial charge in [-0.3, -0.25) is 4.57 Å². The highest BCUT2D eigenvalue weighted by Crippen LogP contribution is 2.32. The normalized spacial score (nSPS) is 11.3. The molecule has 0 fully saturated rings. The average Bonchev–Trinajstić information content (AvgIpc) is 3.01. The molecule has 3 aromatic rings. The number of hydrogen-bond acceptors (Lipinski definition) is 2. The summed E-state index contributed by atoms with van der Waals surface area (Å²) in [4.78, 5) is 3.65. The van der Waals surface area contributed by atoms with Crippen LogP contribution in [-0.4, -0.2) is 9.55 Å². The Balaban J connectivity index is 2.21. The summed E-state index contributed by atoms with van der Waals surface area (Å²) in [6.45, 7) is 0. The number of imidazole rings is 1. The van der Waals surface area contributed by atoms with E-state index in [4.69, 9.17) is 5.26 Å². The molecule has 2 aromatic carbocycles. The Hall–Kier alpha value is -3.14. The summed E-state index contributed by atoms with van der Waals surface area (Å²) >= 11 is 0. The van der Waals surface area contributed by atoms with E-state index in [1.54, 1.807) is 36.4 Å². The molecule has 3 rings (SSSR count). The van der Waals surface area contributed by atoms with Crippen LogP contribution < -0.4 is 0 Å². The lowest BCUT2D eigenvalue weighted by Crippen LogP contribution is -2.05. The van der Waals surface area contributed by atoms with Crippen LogP contribution in [0.25, 0.3) is 17.1 Å². The topological polar surface area (TPSA) is 41.6 Å². The molecule has 0 saturated heterocycles. The van der Waals surface area contributed by atoms with Gasteiger partial charge in [0.1, 0.15) is 17.7 Å². The van der Waals surface area contributed by atoms with Gasteiger partial charge in [0.25, 0.3) is 0 Å². The van der Waals surface area contributed by atoms with E-state index >= 15 is 0 Å². The molecule has 7 heteroatoms. The minimum Gasteiger partial charge on any atom is -0.299 e. The van der Waals surface area contributed by atoms with E-state index < -0.39 is 17.7 Å². The third-order valence-electron chi connectivity index (χ3n) is 3.38. The van der Waals surface area contributed by atoms with Crippen molar-refractivity contribution in [2.24, 2.45) is 0 Å². The minimum atomic E-state index is -4.63. The monoisotopic (exact) mass is 331 g/mol. The summed E-state index contributed by atoms with van der Waals surface area (Å²) in [5.41, 5.74) is -0.659. The molecule has 1 aromatic heterocycles. The number of halogens is 4. The molecule has 3 nitrogen and oxygen atoms in total. The molecule has 24 heavy (non-hydrogen) atoms. The van der Waals surface area contributed by atoms with Crippen molar-refractivity contribution in [1.29, 1.82) is 5.26 Å². The van der Waals surface area contributed by atoms with E-state index in [-0.39, 0.29) is 17.1 Å². The first-order valence-electron chi connectivity index (χ1n) is 6.82. The van der Waals surface area contributed by atoms with E-state index in [2.05, 4.69) is 4.98 Å². The van der Waals surface area contributed by atoms with E-state index in [1.165, 1.54) is 12.1 Å². The maximum atomic E-state index is 13.8. The maximum absolute atomic E-state index is 13.8. The summed E-state index contributed by atoms with van der Waals surface area (Å²) in [5, 5.41) is 8.77. The van der Waals surface area contributed by atoms with Crippen LogP contribution in [0.15, 0.2) is 54.7 Å². The number of nitriles is 1. The van der Waals surface area contributed by atoms with Gasteiger partial charge in [-0.25, -0.2) is 9.37 Å². The van der Waals surface area contributed by atoms with Crippen LogP contribution >= 0.6 is 0 Å². The van der Waals surface area contributed by atoms with E-state index in [0.29, 0.717) is 5.56 Å². The second-order valence-corrected chi connectivity index (χ2v) is 4.96. The van der Waals surface area contributed by atoms with Crippen LogP contribution in [0.1, 0.15) is 11.3 Å². The predicted molar refractivity (Wildman–Crippen MR) is 78.7 cm³/mol. The van der Waals surface area contributed by atoms with Gasteiger partial charge in [0.05, 0.1) is 11.3 Å². The second kappa shape index (κ2) is 5.81. The summed E-state index contributed by atoms with van der Waals surface area (Å²) in [6, 6.07) is 13.5. The zero-order valence-electron chi connectivity index (χ0n) is 12.0. The van der Waals surface area contributed by atoms with Gasteiger partial charge >= 0.3 is 6.18 Å². The number of hydrogen-bond donors (Lipinski definition) is 0. The molecule has 0 aliphatic rings. The Morgan fingerprint density at radius 3 is 2.33 bits per heavy atom. The molecule has 0 saturated carbocycles. The van der Waals surface area contributed by atoms with Crippen LogP contribution in [0.4, 0.5) is 17.6 Å². The van der Waals surface area contributed by atoms with Crippen molar-refractivity contribution in [2.45, 2.75) is 6.18 Å². The van der Waals surface area contributed by atoms with Crippen LogP contribution in [0, 0.1) is 17.1 Å². The number of rotatable bonds is 2. The van der Waals surface area contributed by atoms with Gasteiger partial charge in [-0.15, -0.1) is 0 Å². The Morgan fingerprint density at radius 1 is 1.04 bits per heavy atom. The lowest BCUT2D eigenvalue weighted by Gasteiger charge is -2.08. The first-order valence-corrected chi connectivity index (χ1v) is 6.82. The standard InChI is InChI=1S/C17H9F4N3/c18-14-8-13(7-6-12(14)9-22)24-10-15(17(19,20)21)23-16(24)11-4-2-1-3-5-11/h1-8,10H. The summed E-state index contributed by atoms with van der Waals surface area (Å²) in [6.07, 6.45) is -3.82. The minimum absolute atomic E-state index is 0.0343. The van der Waals surface area contributed by atoms with Crippen molar-refractivity contribution in [3.05, 3.63) is 71.8 Å². The van der Waals surface area contributed by atoms with Gasteiger partial charge < -0.3 is 0 Å². The molecule has 0 spiro atoms. The van der Waals surface area contributed by atoms with Crippen LogP contribution in [-0.2, 0) is 6.18 Å². The quantitative estimate of drug-likeness (QED) is 0.646. The van der Waals surface area contributed by atoms with E-state index in [1.807, 2.05) is 0 Å². The van der Waals surface area contributed by atoms with Gasteiger partial charge in [0, 0.05) is 11.8 Å². The lowest BCUT2D eigenvalue weighted by molar-refractivity contribution is -0.140. The Labute approximate surface area is 134 Å². The van der Waals surface area contributed by atoms with Crippen molar-refractivity contribution in [3.63, 3.8) is 0 Å². The van der Waals surface area contributed by atoms with Crippen LogP contribution in [0.5, 0.6) is 0 Å². The van der Waals surface area contributed by atoms with Crippen molar-refractivity contribution in [2.75, 3.05) is 0 Å². The SMILES string of the molecule is N#Cc1ccc(-n2cc(C(F)(F)F)nc2-c2ccccc2)cc1F. The van der Waals surface area contributed by atoms with Crippen LogP contribution in [0.3, 0.4) is 0 Å². The fraction of sp³-hybridized carbons (Fsp3) is 0.0588. The van der Waals surface area contributed by atoms with Crippen molar-refractivity contribution in [1.82, 2.24) is 9.55 Å². The van der Waals surface area contributed by atoms with E-state index in [9.17, 15) is 17.6 Å².